The van der Waals surface area contributed by atoms with Crippen LogP contribution in [0.2, 0.25) is 0 Å². The maximum absolute atomic E-state index is 12.4. The Morgan fingerprint density at radius 1 is 1.22 bits per heavy atom. The monoisotopic (exact) mass is 323 g/mol. The van der Waals surface area contributed by atoms with Gasteiger partial charge in [0.1, 0.15) is 10.5 Å². The molecule has 0 bridgehead atoms. The predicted molar refractivity (Wildman–Crippen MR) is 94.4 cm³/mol. The summed E-state index contributed by atoms with van der Waals surface area (Å²) in [5, 5.41) is 0.818. The highest BCUT2D eigenvalue weighted by Gasteiger charge is 2.03. The van der Waals surface area contributed by atoms with E-state index in [1.807, 2.05) is 56.3 Å². The van der Waals surface area contributed by atoms with Gasteiger partial charge in [-0.15, -0.1) is 11.3 Å². The second-order valence-electron chi connectivity index (χ2n) is 5.34. The van der Waals surface area contributed by atoms with Gasteiger partial charge >= 0.3 is 0 Å². The average Bonchev–Trinajstić information content (AvgIpc) is 2.95. The van der Waals surface area contributed by atoms with Crippen LogP contribution < -0.4 is 5.49 Å². The third kappa shape index (κ3) is 3.63. The summed E-state index contributed by atoms with van der Waals surface area (Å²) in [6, 6.07) is 13.6. The fourth-order valence-electron chi connectivity index (χ4n) is 2.17. The normalized spacial score (nSPS) is 12.6. The summed E-state index contributed by atoms with van der Waals surface area (Å²) in [5.41, 5.74) is 1.61. The number of para-hydroxylation sites is 1. The van der Waals surface area contributed by atoms with Crippen molar-refractivity contribution in [3.05, 3.63) is 65.2 Å². The van der Waals surface area contributed by atoms with E-state index in [2.05, 4.69) is 9.98 Å². The van der Waals surface area contributed by atoms with Gasteiger partial charge in [0.15, 0.2) is 0 Å². The molecule has 0 radical (unpaired) electrons. The first kappa shape index (κ1) is 15.4. The number of carbonyl (C=O) groups excluding carboxylic acids is 1. The van der Waals surface area contributed by atoms with Crippen LogP contribution in [0.25, 0.3) is 16.3 Å². The maximum Gasteiger partial charge on any atom is 0.256 e. The number of nitrogens with zero attached hydrogens (tertiary/aromatic N) is 3. The lowest BCUT2D eigenvalue weighted by molar-refractivity contribution is 0.0964. The first-order valence-corrected chi connectivity index (χ1v) is 8.24. The second-order valence-corrected chi connectivity index (χ2v) is 6.41. The molecule has 0 aliphatic rings. The highest BCUT2D eigenvalue weighted by Crippen LogP contribution is 2.22. The molecule has 0 amide bonds. The van der Waals surface area contributed by atoms with Crippen LogP contribution in [0.1, 0.15) is 23.6 Å². The fraction of sp³-hybridized carbons (Fsp3) is 0.167. The predicted octanol–water partition coefficient (Wildman–Crippen LogP) is 3.76. The smallest absolute Gasteiger partial charge is 0.256 e. The Labute approximate surface area is 138 Å². The van der Waals surface area contributed by atoms with Gasteiger partial charge in [-0.2, -0.15) is 0 Å². The minimum atomic E-state index is -0.135. The van der Waals surface area contributed by atoms with Gasteiger partial charge in [-0.3, -0.25) is 14.4 Å². The van der Waals surface area contributed by atoms with Crippen LogP contribution in [0.15, 0.2) is 59.7 Å². The van der Waals surface area contributed by atoms with Gasteiger partial charge < -0.3 is 0 Å². The Morgan fingerprint density at radius 2 is 2.00 bits per heavy atom. The van der Waals surface area contributed by atoms with Crippen LogP contribution in [0, 0.1) is 0 Å². The molecule has 0 aliphatic heterocycles. The molecule has 2 aromatic heterocycles. The molecule has 23 heavy (non-hydrogen) atoms. The fourth-order valence-corrected chi connectivity index (χ4v) is 3.04. The Bertz CT molecular complexity index is 901. The molecule has 0 unspecified atom stereocenters. The van der Waals surface area contributed by atoms with Crippen molar-refractivity contribution in [2.75, 3.05) is 0 Å². The summed E-state index contributed by atoms with van der Waals surface area (Å²) in [6.07, 6.45) is 5.02. The maximum atomic E-state index is 12.4. The topological polar surface area (TPSA) is 47.2 Å². The lowest BCUT2D eigenvalue weighted by Crippen LogP contribution is -2.26. The van der Waals surface area contributed by atoms with Crippen molar-refractivity contribution >= 4 is 33.5 Å². The number of fused-ring (bicyclic) bond motifs is 1. The van der Waals surface area contributed by atoms with Crippen LogP contribution in [-0.2, 0) is 0 Å². The molecule has 0 aliphatic carbocycles. The largest absolute Gasteiger partial charge is 0.269 e. The first-order valence-electron chi connectivity index (χ1n) is 7.43. The molecule has 3 aromatic rings. The number of hydrogen-bond acceptors (Lipinski definition) is 4. The summed E-state index contributed by atoms with van der Waals surface area (Å²) in [7, 11) is 0. The van der Waals surface area contributed by atoms with Crippen molar-refractivity contribution in [3.63, 3.8) is 0 Å². The average molecular weight is 323 g/mol. The number of carbonyl (C=O) groups is 1. The zero-order chi connectivity index (χ0) is 16.2. The number of hydrogen-bond donors (Lipinski definition) is 0. The van der Waals surface area contributed by atoms with Crippen LogP contribution in [0.5, 0.6) is 0 Å². The van der Waals surface area contributed by atoms with E-state index >= 15 is 0 Å². The molecular weight excluding hydrogens is 306 g/mol. The molecular formula is C18H17N3OS. The molecule has 0 fully saturated rings. The van der Waals surface area contributed by atoms with Crippen molar-refractivity contribution in [1.29, 1.82) is 0 Å². The third-order valence-corrected chi connectivity index (χ3v) is 4.15. The SMILES string of the molecule is CC(C)N=c1ccccn1C(=O)/C=C/c1nc2ccccc2s1. The third-order valence-electron chi connectivity index (χ3n) is 3.15. The number of rotatable bonds is 3. The molecule has 0 atom stereocenters. The molecule has 0 N–H and O–H groups in total. The van der Waals surface area contributed by atoms with Crippen LogP contribution in [0.3, 0.4) is 0 Å². The lowest BCUT2D eigenvalue weighted by Gasteiger charge is -2.03. The molecule has 1 aromatic carbocycles. The van der Waals surface area contributed by atoms with Gasteiger partial charge in [0.05, 0.1) is 10.2 Å². The Hall–Kier alpha value is -2.53. The molecule has 116 valence electrons. The molecule has 0 spiro atoms. The number of benzene rings is 1. The van der Waals surface area contributed by atoms with Crippen molar-refractivity contribution in [3.8, 4) is 0 Å². The van der Waals surface area contributed by atoms with Crippen LogP contribution >= 0.6 is 11.3 Å². The van der Waals surface area contributed by atoms with Gasteiger partial charge in [-0.1, -0.05) is 18.2 Å². The highest BCUT2D eigenvalue weighted by atomic mass is 32.1. The molecule has 3 rings (SSSR count). The van der Waals surface area contributed by atoms with Gasteiger partial charge in [0.25, 0.3) is 5.91 Å². The Kier molecular flexibility index (Phi) is 4.48. The summed E-state index contributed by atoms with van der Waals surface area (Å²) in [5.74, 6) is -0.135. The van der Waals surface area contributed by atoms with E-state index in [-0.39, 0.29) is 11.9 Å². The molecule has 0 saturated carbocycles. The highest BCUT2D eigenvalue weighted by molar-refractivity contribution is 7.19. The summed E-state index contributed by atoms with van der Waals surface area (Å²) in [6.45, 7) is 3.97. The van der Waals surface area contributed by atoms with E-state index in [1.54, 1.807) is 28.2 Å². The van der Waals surface area contributed by atoms with Crippen LogP contribution in [0.4, 0.5) is 0 Å². The number of aromatic nitrogens is 2. The van der Waals surface area contributed by atoms with E-state index in [0.717, 1.165) is 15.2 Å². The zero-order valence-corrected chi connectivity index (χ0v) is 13.8. The zero-order valence-electron chi connectivity index (χ0n) is 13.0. The van der Waals surface area contributed by atoms with E-state index < -0.39 is 0 Å². The van der Waals surface area contributed by atoms with E-state index in [1.165, 1.54) is 6.08 Å². The van der Waals surface area contributed by atoms with Crippen LogP contribution in [-0.4, -0.2) is 21.5 Å². The van der Waals surface area contributed by atoms with Gasteiger partial charge in [-0.05, 0) is 44.2 Å². The summed E-state index contributed by atoms with van der Waals surface area (Å²) < 4.78 is 2.66. The summed E-state index contributed by atoms with van der Waals surface area (Å²) >= 11 is 1.57. The minimum Gasteiger partial charge on any atom is -0.269 e. The van der Waals surface area contributed by atoms with Gasteiger partial charge in [-0.25, -0.2) is 4.98 Å². The number of allylic oxidation sites excluding steroid dienone is 1. The van der Waals surface area contributed by atoms with Crippen molar-refractivity contribution < 1.29 is 4.79 Å². The Balaban J connectivity index is 1.90. The molecule has 2 heterocycles. The lowest BCUT2D eigenvalue weighted by atomic mass is 10.3. The molecule has 0 saturated heterocycles. The first-order chi connectivity index (χ1) is 11.1. The standard InChI is InChI=1S/C18H17N3OS/c1-13(2)19-16-9-5-6-12-21(16)18(22)11-10-17-20-14-7-3-4-8-15(14)23-17/h3-13H,1-2H3/b11-10+,19-16?. The van der Waals surface area contributed by atoms with Crippen molar-refractivity contribution in [1.82, 2.24) is 9.55 Å². The molecule has 4 nitrogen and oxygen atoms in total. The van der Waals surface area contributed by atoms with E-state index in [0.29, 0.717) is 5.49 Å². The Morgan fingerprint density at radius 3 is 2.78 bits per heavy atom. The number of pyridine rings is 1. The summed E-state index contributed by atoms with van der Waals surface area (Å²) in [4.78, 5) is 21.4. The van der Waals surface area contributed by atoms with Crippen molar-refractivity contribution in [2.24, 2.45) is 4.99 Å². The number of thiazole rings is 1. The van der Waals surface area contributed by atoms with Gasteiger partial charge in [0.2, 0.25) is 0 Å². The van der Waals surface area contributed by atoms with E-state index in [4.69, 9.17) is 0 Å². The quantitative estimate of drug-likeness (QED) is 0.689. The molecule has 5 heteroatoms. The van der Waals surface area contributed by atoms with E-state index in [9.17, 15) is 4.79 Å². The van der Waals surface area contributed by atoms with Crippen molar-refractivity contribution in [2.45, 2.75) is 19.9 Å². The minimum absolute atomic E-state index is 0.129. The van der Waals surface area contributed by atoms with Gasteiger partial charge in [0, 0.05) is 18.3 Å². The second kappa shape index (κ2) is 6.71.